The number of hydrogen-bond acceptors (Lipinski definition) is 3. The molecule has 1 N–H and O–H groups in total. The molecule has 4 heteroatoms. The highest BCUT2D eigenvalue weighted by Crippen LogP contribution is 2.29. The summed E-state index contributed by atoms with van der Waals surface area (Å²) in [6.07, 6.45) is 0. The van der Waals surface area contributed by atoms with E-state index in [-0.39, 0.29) is 5.54 Å². The fraction of sp³-hybridized carbons (Fsp3) is 0.357. The van der Waals surface area contributed by atoms with Crippen LogP contribution in [-0.4, -0.2) is 17.6 Å². The van der Waals surface area contributed by atoms with E-state index in [4.69, 9.17) is 4.74 Å². The number of nitrogens with one attached hydrogen (secondary N) is 1. The molecule has 0 unspecified atom stereocenters. The van der Waals surface area contributed by atoms with Crippen LogP contribution >= 0.6 is 15.9 Å². The van der Waals surface area contributed by atoms with Gasteiger partial charge in [-0.25, -0.2) is 4.98 Å². The summed E-state index contributed by atoms with van der Waals surface area (Å²) in [5.41, 5.74) is 0.895. The van der Waals surface area contributed by atoms with Gasteiger partial charge >= 0.3 is 0 Å². The van der Waals surface area contributed by atoms with Gasteiger partial charge in [0.1, 0.15) is 11.6 Å². The van der Waals surface area contributed by atoms with Crippen molar-refractivity contribution in [2.45, 2.75) is 26.3 Å². The van der Waals surface area contributed by atoms with Gasteiger partial charge in [-0.3, -0.25) is 0 Å². The summed E-state index contributed by atoms with van der Waals surface area (Å²) in [6.45, 7) is 6.32. The smallest absolute Gasteiger partial charge is 0.141 e. The Hall–Kier alpha value is -1.29. The van der Waals surface area contributed by atoms with Crippen LogP contribution in [-0.2, 0) is 0 Å². The second-order valence-electron chi connectivity index (χ2n) is 5.25. The molecule has 0 aliphatic rings. The van der Waals surface area contributed by atoms with E-state index in [1.165, 1.54) is 0 Å². The minimum absolute atomic E-state index is 0.0257. The van der Waals surface area contributed by atoms with Crippen LogP contribution in [0.3, 0.4) is 0 Å². The van der Waals surface area contributed by atoms with Crippen molar-refractivity contribution < 1.29 is 4.74 Å². The molecule has 0 amide bonds. The maximum atomic E-state index is 5.22. The van der Waals surface area contributed by atoms with Crippen molar-refractivity contribution in [3.8, 4) is 5.75 Å². The number of benzene rings is 1. The Balaban J connectivity index is 2.51. The number of fused-ring (bicyclic) bond motifs is 1. The summed E-state index contributed by atoms with van der Waals surface area (Å²) >= 11 is 3.55. The fourth-order valence-electron chi connectivity index (χ4n) is 1.69. The van der Waals surface area contributed by atoms with Crippen molar-refractivity contribution in [2.24, 2.45) is 0 Å². The molecular weight excluding hydrogens is 292 g/mol. The third-order valence-corrected chi connectivity index (χ3v) is 3.08. The number of pyridine rings is 1. The number of methoxy groups -OCH3 is 1. The van der Waals surface area contributed by atoms with Crippen LogP contribution in [0.25, 0.3) is 10.9 Å². The molecule has 1 aromatic carbocycles. The molecule has 0 saturated carbocycles. The van der Waals surface area contributed by atoms with E-state index in [1.54, 1.807) is 7.11 Å². The Morgan fingerprint density at radius 2 is 1.94 bits per heavy atom. The van der Waals surface area contributed by atoms with Gasteiger partial charge < -0.3 is 10.1 Å². The number of hydrogen-bond donors (Lipinski definition) is 1. The van der Waals surface area contributed by atoms with E-state index in [0.717, 1.165) is 26.9 Å². The van der Waals surface area contributed by atoms with Crippen LogP contribution in [0.5, 0.6) is 5.75 Å². The second-order valence-corrected chi connectivity index (χ2v) is 6.11. The normalized spacial score (nSPS) is 11.6. The number of ether oxygens (including phenoxy) is 1. The summed E-state index contributed by atoms with van der Waals surface area (Å²) in [6, 6.07) is 7.95. The molecule has 0 fully saturated rings. The minimum Gasteiger partial charge on any atom is -0.497 e. The number of aromatic nitrogens is 1. The van der Waals surface area contributed by atoms with E-state index in [1.807, 2.05) is 18.2 Å². The zero-order chi connectivity index (χ0) is 13.3. The predicted molar refractivity (Wildman–Crippen MR) is 79.4 cm³/mol. The lowest BCUT2D eigenvalue weighted by Crippen LogP contribution is -2.26. The van der Waals surface area contributed by atoms with Crippen molar-refractivity contribution in [3.63, 3.8) is 0 Å². The van der Waals surface area contributed by atoms with Crippen LogP contribution in [0.15, 0.2) is 28.7 Å². The molecule has 0 aliphatic heterocycles. The van der Waals surface area contributed by atoms with Crippen molar-refractivity contribution in [1.82, 2.24) is 4.98 Å². The molecule has 1 aromatic heterocycles. The molecule has 0 spiro atoms. The Morgan fingerprint density at radius 1 is 1.22 bits per heavy atom. The van der Waals surface area contributed by atoms with Gasteiger partial charge in [0.2, 0.25) is 0 Å². The average molecular weight is 309 g/mol. The summed E-state index contributed by atoms with van der Waals surface area (Å²) in [5, 5.41) is 4.47. The first-order valence-corrected chi connectivity index (χ1v) is 6.61. The lowest BCUT2D eigenvalue weighted by Gasteiger charge is -2.22. The molecule has 1 heterocycles. The Kier molecular flexibility index (Phi) is 3.48. The molecule has 2 rings (SSSR count). The SMILES string of the molecule is COc1ccc2cc(Br)c(NC(C)(C)C)nc2c1. The van der Waals surface area contributed by atoms with Gasteiger partial charge in [0.25, 0.3) is 0 Å². The standard InChI is InChI=1S/C14H17BrN2O/c1-14(2,3)17-13-11(15)7-9-5-6-10(18-4)8-12(9)16-13/h5-8H,1-4H3,(H,16,17). The molecule has 0 bridgehead atoms. The Labute approximate surface area is 116 Å². The van der Waals surface area contributed by atoms with Crippen LogP contribution in [0.1, 0.15) is 20.8 Å². The van der Waals surface area contributed by atoms with E-state index < -0.39 is 0 Å². The molecule has 2 aromatic rings. The zero-order valence-electron chi connectivity index (χ0n) is 11.0. The number of rotatable bonds is 2. The highest BCUT2D eigenvalue weighted by molar-refractivity contribution is 9.10. The van der Waals surface area contributed by atoms with Gasteiger partial charge in [0.05, 0.1) is 17.1 Å². The van der Waals surface area contributed by atoms with Crippen molar-refractivity contribution >= 4 is 32.7 Å². The van der Waals surface area contributed by atoms with Gasteiger partial charge in [-0.05, 0) is 54.9 Å². The van der Waals surface area contributed by atoms with Crippen LogP contribution in [0, 0.1) is 0 Å². The molecule has 0 atom stereocenters. The lowest BCUT2D eigenvalue weighted by molar-refractivity contribution is 0.415. The van der Waals surface area contributed by atoms with Crippen molar-refractivity contribution in [1.29, 1.82) is 0 Å². The Bertz CT molecular complexity index is 576. The predicted octanol–water partition coefficient (Wildman–Crippen LogP) is 4.22. The quantitative estimate of drug-likeness (QED) is 0.902. The average Bonchev–Trinajstić information content (AvgIpc) is 2.27. The summed E-state index contributed by atoms with van der Waals surface area (Å²) in [7, 11) is 1.66. The first kappa shape index (κ1) is 13.1. The van der Waals surface area contributed by atoms with E-state index in [0.29, 0.717) is 0 Å². The number of nitrogens with zero attached hydrogens (tertiary/aromatic N) is 1. The first-order valence-electron chi connectivity index (χ1n) is 5.81. The van der Waals surface area contributed by atoms with Crippen LogP contribution in [0.2, 0.25) is 0 Å². The molecule has 0 saturated heterocycles. The highest BCUT2D eigenvalue weighted by atomic mass is 79.9. The van der Waals surface area contributed by atoms with Gasteiger partial charge in [0.15, 0.2) is 0 Å². The topological polar surface area (TPSA) is 34.1 Å². The summed E-state index contributed by atoms with van der Waals surface area (Å²) in [5.74, 6) is 1.67. The molecule has 3 nitrogen and oxygen atoms in total. The van der Waals surface area contributed by atoms with E-state index in [2.05, 4.69) is 53.1 Å². The molecule has 0 radical (unpaired) electrons. The maximum absolute atomic E-state index is 5.22. The Morgan fingerprint density at radius 3 is 2.56 bits per heavy atom. The van der Waals surface area contributed by atoms with E-state index >= 15 is 0 Å². The molecule has 96 valence electrons. The third kappa shape index (κ3) is 2.93. The van der Waals surface area contributed by atoms with E-state index in [9.17, 15) is 0 Å². The maximum Gasteiger partial charge on any atom is 0.141 e. The van der Waals surface area contributed by atoms with Crippen molar-refractivity contribution in [3.05, 3.63) is 28.7 Å². The van der Waals surface area contributed by atoms with Crippen molar-refractivity contribution in [2.75, 3.05) is 12.4 Å². The first-order chi connectivity index (χ1) is 8.39. The van der Waals surface area contributed by atoms with Crippen LogP contribution < -0.4 is 10.1 Å². The monoisotopic (exact) mass is 308 g/mol. The molecule has 18 heavy (non-hydrogen) atoms. The summed E-state index contributed by atoms with van der Waals surface area (Å²) < 4.78 is 6.19. The zero-order valence-corrected chi connectivity index (χ0v) is 12.6. The second kappa shape index (κ2) is 4.76. The number of halogens is 1. The lowest BCUT2D eigenvalue weighted by atomic mass is 10.1. The highest BCUT2D eigenvalue weighted by Gasteiger charge is 2.13. The van der Waals surface area contributed by atoms with Gasteiger partial charge in [-0.2, -0.15) is 0 Å². The van der Waals surface area contributed by atoms with Gasteiger partial charge in [-0.1, -0.05) is 0 Å². The van der Waals surface area contributed by atoms with Gasteiger partial charge in [0, 0.05) is 17.0 Å². The summed E-state index contributed by atoms with van der Waals surface area (Å²) in [4.78, 5) is 4.63. The fourth-order valence-corrected chi connectivity index (χ4v) is 2.13. The van der Waals surface area contributed by atoms with Crippen LogP contribution in [0.4, 0.5) is 5.82 Å². The number of anilines is 1. The third-order valence-electron chi connectivity index (χ3n) is 2.47. The minimum atomic E-state index is -0.0257. The molecular formula is C14H17BrN2O. The van der Waals surface area contributed by atoms with Gasteiger partial charge in [-0.15, -0.1) is 0 Å². The largest absolute Gasteiger partial charge is 0.497 e. The molecule has 0 aliphatic carbocycles.